The SMILES string of the molecule is CC(=O)N(CC1CCC(CC(=O)O)CC1)C(C)C. The molecule has 1 rings (SSSR count). The van der Waals surface area contributed by atoms with Gasteiger partial charge in [0.1, 0.15) is 0 Å². The van der Waals surface area contributed by atoms with E-state index in [1.807, 2.05) is 18.7 Å². The summed E-state index contributed by atoms with van der Waals surface area (Å²) in [5.41, 5.74) is 0. The van der Waals surface area contributed by atoms with Crippen molar-refractivity contribution in [1.82, 2.24) is 4.90 Å². The molecule has 0 saturated heterocycles. The van der Waals surface area contributed by atoms with Gasteiger partial charge in [-0.3, -0.25) is 9.59 Å². The number of carbonyl (C=O) groups is 2. The van der Waals surface area contributed by atoms with Gasteiger partial charge >= 0.3 is 5.97 Å². The monoisotopic (exact) mass is 255 g/mol. The lowest BCUT2D eigenvalue weighted by molar-refractivity contribution is -0.138. The number of carbonyl (C=O) groups excluding carboxylic acids is 1. The van der Waals surface area contributed by atoms with Gasteiger partial charge in [-0.25, -0.2) is 0 Å². The number of rotatable bonds is 5. The summed E-state index contributed by atoms with van der Waals surface area (Å²) in [7, 11) is 0. The summed E-state index contributed by atoms with van der Waals surface area (Å²) in [6, 6.07) is 0.249. The van der Waals surface area contributed by atoms with Gasteiger partial charge in [0.05, 0.1) is 0 Å². The average Bonchev–Trinajstić information content (AvgIpc) is 2.26. The maximum absolute atomic E-state index is 11.5. The molecule has 0 bridgehead atoms. The van der Waals surface area contributed by atoms with Crippen LogP contribution in [0.1, 0.15) is 52.9 Å². The zero-order chi connectivity index (χ0) is 13.7. The molecule has 1 saturated carbocycles. The number of amides is 1. The van der Waals surface area contributed by atoms with E-state index < -0.39 is 5.97 Å². The first-order valence-corrected chi connectivity index (χ1v) is 6.89. The van der Waals surface area contributed by atoms with Crippen LogP contribution in [0.2, 0.25) is 0 Å². The van der Waals surface area contributed by atoms with Crippen LogP contribution < -0.4 is 0 Å². The van der Waals surface area contributed by atoms with Crippen molar-refractivity contribution in [1.29, 1.82) is 0 Å². The van der Waals surface area contributed by atoms with Crippen molar-refractivity contribution in [2.75, 3.05) is 6.54 Å². The third-order valence-electron chi connectivity index (χ3n) is 3.91. The Morgan fingerprint density at radius 3 is 2.06 bits per heavy atom. The maximum Gasteiger partial charge on any atom is 0.303 e. The Balaban J connectivity index is 2.38. The van der Waals surface area contributed by atoms with E-state index in [0.29, 0.717) is 18.3 Å². The lowest BCUT2D eigenvalue weighted by Crippen LogP contribution is -2.39. The van der Waals surface area contributed by atoms with Crippen LogP contribution in [0.4, 0.5) is 0 Å². The fourth-order valence-electron chi connectivity index (χ4n) is 2.85. The van der Waals surface area contributed by atoms with Crippen LogP contribution >= 0.6 is 0 Å². The van der Waals surface area contributed by atoms with Crippen molar-refractivity contribution in [2.45, 2.75) is 58.9 Å². The summed E-state index contributed by atoms with van der Waals surface area (Å²) in [5.74, 6) is 0.327. The summed E-state index contributed by atoms with van der Waals surface area (Å²) >= 11 is 0. The molecular weight excluding hydrogens is 230 g/mol. The average molecular weight is 255 g/mol. The van der Waals surface area contributed by atoms with E-state index in [-0.39, 0.29) is 11.9 Å². The van der Waals surface area contributed by atoms with Gasteiger partial charge in [-0.15, -0.1) is 0 Å². The van der Waals surface area contributed by atoms with Gasteiger partial charge < -0.3 is 10.0 Å². The Morgan fingerprint density at radius 1 is 1.17 bits per heavy atom. The predicted octanol–water partition coefficient (Wildman–Crippen LogP) is 2.52. The molecule has 0 aromatic heterocycles. The molecular formula is C14H25NO3. The van der Waals surface area contributed by atoms with Gasteiger partial charge in [-0.2, -0.15) is 0 Å². The fourth-order valence-corrected chi connectivity index (χ4v) is 2.85. The fraction of sp³-hybridized carbons (Fsp3) is 0.857. The van der Waals surface area contributed by atoms with E-state index in [4.69, 9.17) is 5.11 Å². The summed E-state index contributed by atoms with van der Waals surface area (Å²) < 4.78 is 0. The second kappa shape index (κ2) is 6.76. The number of aliphatic carboxylic acids is 1. The number of carboxylic acids is 1. The van der Waals surface area contributed by atoms with E-state index in [1.54, 1.807) is 6.92 Å². The lowest BCUT2D eigenvalue weighted by Gasteiger charge is -2.34. The third-order valence-corrected chi connectivity index (χ3v) is 3.91. The molecule has 1 N–H and O–H groups in total. The summed E-state index contributed by atoms with van der Waals surface area (Å²) in [6.45, 7) is 6.53. The number of carboxylic acid groups (broad SMARTS) is 1. The molecule has 0 heterocycles. The molecule has 0 unspecified atom stereocenters. The molecule has 1 aliphatic rings. The van der Waals surface area contributed by atoms with Gasteiger partial charge in [-0.1, -0.05) is 0 Å². The molecule has 0 aromatic carbocycles. The highest BCUT2D eigenvalue weighted by molar-refractivity contribution is 5.73. The van der Waals surface area contributed by atoms with E-state index in [2.05, 4.69) is 0 Å². The Labute approximate surface area is 109 Å². The smallest absolute Gasteiger partial charge is 0.303 e. The second-order valence-electron chi connectivity index (χ2n) is 5.75. The van der Waals surface area contributed by atoms with Crippen molar-refractivity contribution in [2.24, 2.45) is 11.8 Å². The van der Waals surface area contributed by atoms with Crippen molar-refractivity contribution >= 4 is 11.9 Å². The van der Waals surface area contributed by atoms with Crippen molar-refractivity contribution in [3.05, 3.63) is 0 Å². The molecule has 0 atom stereocenters. The number of hydrogen-bond acceptors (Lipinski definition) is 2. The van der Waals surface area contributed by atoms with Crippen LogP contribution in [-0.4, -0.2) is 34.5 Å². The van der Waals surface area contributed by atoms with Gasteiger partial charge in [-0.05, 0) is 51.4 Å². The maximum atomic E-state index is 11.5. The topological polar surface area (TPSA) is 57.6 Å². The minimum Gasteiger partial charge on any atom is -0.481 e. The molecule has 0 radical (unpaired) electrons. The summed E-state index contributed by atoms with van der Waals surface area (Å²) in [5, 5.41) is 8.77. The van der Waals surface area contributed by atoms with Crippen LogP contribution in [0.25, 0.3) is 0 Å². The zero-order valence-electron chi connectivity index (χ0n) is 11.7. The first-order valence-electron chi connectivity index (χ1n) is 6.89. The first kappa shape index (κ1) is 15.0. The standard InChI is InChI=1S/C14H25NO3/c1-10(2)15(11(3)16)9-13-6-4-12(5-7-13)8-14(17)18/h10,12-13H,4-9H2,1-3H3,(H,17,18). The molecule has 0 spiro atoms. The lowest BCUT2D eigenvalue weighted by atomic mass is 9.80. The van der Waals surface area contributed by atoms with Crippen LogP contribution in [0, 0.1) is 11.8 Å². The molecule has 1 amide bonds. The summed E-state index contributed by atoms with van der Waals surface area (Å²) in [4.78, 5) is 24.1. The number of nitrogens with zero attached hydrogens (tertiary/aromatic N) is 1. The van der Waals surface area contributed by atoms with E-state index >= 15 is 0 Å². The molecule has 104 valence electrons. The van der Waals surface area contributed by atoms with Gasteiger partial charge in [0.15, 0.2) is 0 Å². The van der Waals surface area contributed by atoms with E-state index in [9.17, 15) is 9.59 Å². The Hall–Kier alpha value is -1.06. The van der Waals surface area contributed by atoms with E-state index in [0.717, 1.165) is 32.2 Å². The highest BCUT2D eigenvalue weighted by Crippen LogP contribution is 2.31. The molecule has 4 nitrogen and oxygen atoms in total. The van der Waals surface area contributed by atoms with Gasteiger partial charge in [0, 0.05) is 25.9 Å². The molecule has 0 aromatic rings. The van der Waals surface area contributed by atoms with Crippen molar-refractivity contribution in [3.8, 4) is 0 Å². The molecule has 4 heteroatoms. The normalized spacial score (nSPS) is 24.0. The van der Waals surface area contributed by atoms with Crippen molar-refractivity contribution < 1.29 is 14.7 Å². The largest absolute Gasteiger partial charge is 0.481 e. The quantitative estimate of drug-likeness (QED) is 0.821. The molecule has 1 aliphatic carbocycles. The van der Waals surface area contributed by atoms with Gasteiger partial charge in [0.25, 0.3) is 0 Å². The highest BCUT2D eigenvalue weighted by Gasteiger charge is 2.25. The predicted molar refractivity (Wildman–Crippen MR) is 70.2 cm³/mol. The molecule has 0 aliphatic heterocycles. The Morgan fingerprint density at radius 2 is 1.67 bits per heavy atom. The summed E-state index contributed by atoms with van der Waals surface area (Å²) in [6.07, 6.45) is 4.37. The van der Waals surface area contributed by atoms with Crippen LogP contribution in [0.5, 0.6) is 0 Å². The molecule has 1 fully saturated rings. The Bertz CT molecular complexity index is 293. The zero-order valence-corrected chi connectivity index (χ0v) is 11.7. The third kappa shape index (κ3) is 4.67. The van der Waals surface area contributed by atoms with E-state index in [1.165, 1.54) is 0 Å². The Kier molecular flexibility index (Phi) is 5.63. The van der Waals surface area contributed by atoms with Crippen LogP contribution in [-0.2, 0) is 9.59 Å². The van der Waals surface area contributed by atoms with Crippen molar-refractivity contribution in [3.63, 3.8) is 0 Å². The minimum absolute atomic E-state index is 0.137. The second-order valence-corrected chi connectivity index (χ2v) is 5.75. The number of hydrogen-bond donors (Lipinski definition) is 1. The van der Waals surface area contributed by atoms with Gasteiger partial charge in [0.2, 0.25) is 5.91 Å². The van der Waals surface area contributed by atoms with Crippen LogP contribution in [0.3, 0.4) is 0 Å². The minimum atomic E-state index is -0.689. The highest BCUT2D eigenvalue weighted by atomic mass is 16.4. The first-order chi connectivity index (χ1) is 8.40. The van der Waals surface area contributed by atoms with Crippen LogP contribution in [0.15, 0.2) is 0 Å². The molecule has 18 heavy (non-hydrogen) atoms.